The number of nitrogens with zero attached hydrogens (tertiary/aromatic N) is 2. The molecule has 0 radical (unpaired) electrons. The molecule has 1 heterocycles. The van der Waals surface area contributed by atoms with E-state index in [2.05, 4.69) is 22.2 Å². The highest BCUT2D eigenvalue weighted by molar-refractivity contribution is 4.95. The van der Waals surface area contributed by atoms with Crippen LogP contribution in [0.25, 0.3) is 0 Å². The van der Waals surface area contributed by atoms with E-state index in [0.717, 1.165) is 12.2 Å². The lowest BCUT2D eigenvalue weighted by Crippen LogP contribution is -2.18. The van der Waals surface area contributed by atoms with Crippen molar-refractivity contribution in [3.8, 4) is 0 Å². The van der Waals surface area contributed by atoms with Gasteiger partial charge >= 0.3 is 0 Å². The summed E-state index contributed by atoms with van der Waals surface area (Å²) in [4.78, 5) is 8.63. The Kier molecular flexibility index (Phi) is 8.40. The molecular weight excluding hydrogens is 222 g/mol. The molecule has 1 N–H and O–H groups in total. The Morgan fingerprint density at radius 3 is 2.22 bits per heavy atom. The molecule has 1 atom stereocenters. The van der Waals surface area contributed by atoms with Gasteiger partial charge in [-0.15, -0.1) is 0 Å². The van der Waals surface area contributed by atoms with Crippen molar-refractivity contribution < 1.29 is 0 Å². The van der Waals surface area contributed by atoms with E-state index in [-0.39, 0.29) is 0 Å². The van der Waals surface area contributed by atoms with Crippen molar-refractivity contribution in [2.75, 3.05) is 7.05 Å². The topological polar surface area (TPSA) is 37.8 Å². The van der Waals surface area contributed by atoms with Crippen LogP contribution in [0.1, 0.15) is 70.2 Å². The van der Waals surface area contributed by atoms with E-state index < -0.39 is 0 Å². The van der Waals surface area contributed by atoms with Crippen molar-refractivity contribution in [1.82, 2.24) is 15.3 Å². The van der Waals surface area contributed by atoms with E-state index in [1.165, 1.54) is 44.9 Å². The first-order valence-electron chi connectivity index (χ1n) is 7.32. The second-order valence-electron chi connectivity index (χ2n) is 4.86. The van der Waals surface area contributed by atoms with Gasteiger partial charge in [0.25, 0.3) is 0 Å². The lowest BCUT2D eigenvalue weighted by Gasteiger charge is -2.14. The Morgan fingerprint density at radius 2 is 1.61 bits per heavy atom. The molecule has 1 rings (SSSR count). The third-order valence-electron chi connectivity index (χ3n) is 3.34. The number of hydrogen-bond acceptors (Lipinski definition) is 3. The summed E-state index contributed by atoms with van der Waals surface area (Å²) in [7, 11) is 1.99. The van der Waals surface area contributed by atoms with Gasteiger partial charge < -0.3 is 5.32 Å². The molecule has 0 bridgehead atoms. The predicted octanol–water partition coefficient (Wildman–Crippen LogP) is 3.88. The molecule has 0 saturated carbocycles. The minimum absolute atomic E-state index is 0.307. The fraction of sp³-hybridized carbons (Fsp3) is 0.733. The maximum atomic E-state index is 4.32. The van der Waals surface area contributed by atoms with E-state index in [1.807, 2.05) is 25.5 Å². The van der Waals surface area contributed by atoms with Crippen molar-refractivity contribution in [3.63, 3.8) is 0 Å². The Bertz CT molecular complexity index is 287. The molecule has 102 valence electrons. The number of aromatic nitrogens is 2. The van der Waals surface area contributed by atoms with Crippen LogP contribution in [0.3, 0.4) is 0 Å². The molecule has 0 aliphatic rings. The molecular formula is C15H27N3. The fourth-order valence-corrected chi connectivity index (χ4v) is 2.20. The van der Waals surface area contributed by atoms with Gasteiger partial charge in [0.15, 0.2) is 0 Å². The van der Waals surface area contributed by atoms with Crippen LogP contribution in [0.4, 0.5) is 0 Å². The Labute approximate surface area is 111 Å². The number of unbranched alkanes of at least 4 members (excludes halogenated alkanes) is 6. The first kappa shape index (κ1) is 15.1. The van der Waals surface area contributed by atoms with Gasteiger partial charge in [-0.25, -0.2) is 9.97 Å². The molecule has 0 amide bonds. The monoisotopic (exact) mass is 249 g/mol. The smallest absolute Gasteiger partial charge is 0.145 e. The second-order valence-corrected chi connectivity index (χ2v) is 4.86. The highest BCUT2D eigenvalue weighted by atomic mass is 15.0. The van der Waals surface area contributed by atoms with E-state index in [0.29, 0.717) is 6.04 Å². The molecule has 1 aromatic heterocycles. The molecule has 0 spiro atoms. The van der Waals surface area contributed by atoms with E-state index >= 15 is 0 Å². The zero-order chi connectivity index (χ0) is 13.1. The zero-order valence-corrected chi connectivity index (χ0v) is 11.9. The summed E-state index contributed by atoms with van der Waals surface area (Å²) in [5.74, 6) is 0.922. The molecule has 3 heteroatoms. The van der Waals surface area contributed by atoms with Gasteiger partial charge in [0.2, 0.25) is 0 Å². The molecule has 1 aromatic rings. The number of hydrogen-bond donors (Lipinski definition) is 1. The quantitative estimate of drug-likeness (QED) is 0.639. The summed E-state index contributed by atoms with van der Waals surface area (Å²) >= 11 is 0. The Morgan fingerprint density at radius 1 is 1.00 bits per heavy atom. The van der Waals surface area contributed by atoms with Crippen molar-refractivity contribution in [1.29, 1.82) is 0 Å². The van der Waals surface area contributed by atoms with Crippen LogP contribution < -0.4 is 5.32 Å². The fourth-order valence-electron chi connectivity index (χ4n) is 2.20. The Hall–Kier alpha value is -0.960. The van der Waals surface area contributed by atoms with Crippen molar-refractivity contribution in [2.45, 2.75) is 64.3 Å². The van der Waals surface area contributed by atoms with E-state index in [4.69, 9.17) is 0 Å². The van der Waals surface area contributed by atoms with Gasteiger partial charge in [0, 0.05) is 12.4 Å². The SMILES string of the molecule is CCCCCCCCCC(NC)c1ncccn1. The molecule has 18 heavy (non-hydrogen) atoms. The van der Waals surface area contributed by atoms with Crippen LogP contribution in [0.2, 0.25) is 0 Å². The van der Waals surface area contributed by atoms with Crippen LogP contribution in [0.15, 0.2) is 18.5 Å². The van der Waals surface area contributed by atoms with Gasteiger partial charge in [0.05, 0.1) is 6.04 Å². The highest BCUT2D eigenvalue weighted by Crippen LogP contribution is 2.16. The molecule has 0 aliphatic heterocycles. The largest absolute Gasteiger partial charge is 0.310 e. The van der Waals surface area contributed by atoms with Gasteiger partial charge in [-0.05, 0) is 19.5 Å². The van der Waals surface area contributed by atoms with Crippen LogP contribution in [-0.4, -0.2) is 17.0 Å². The van der Waals surface area contributed by atoms with Gasteiger partial charge in [-0.1, -0.05) is 51.9 Å². The molecule has 0 aliphatic carbocycles. The minimum Gasteiger partial charge on any atom is -0.310 e. The van der Waals surface area contributed by atoms with Gasteiger partial charge in [-0.3, -0.25) is 0 Å². The zero-order valence-electron chi connectivity index (χ0n) is 11.9. The minimum atomic E-state index is 0.307. The Balaban J connectivity index is 2.13. The molecule has 0 aromatic carbocycles. The van der Waals surface area contributed by atoms with Crippen LogP contribution >= 0.6 is 0 Å². The third kappa shape index (κ3) is 6.10. The third-order valence-corrected chi connectivity index (χ3v) is 3.34. The van der Waals surface area contributed by atoms with Crippen LogP contribution in [-0.2, 0) is 0 Å². The second kappa shape index (κ2) is 10.0. The average molecular weight is 249 g/mol. The van der Waals surface area contributed by atoms with Crippen LogP contribution in [0, 0.1) is 0 Å². The summed E-state index contributed by atoms with van der Waals surface area (Å²) in [5, 5.41) is 3.30. The summed E-state index contributed by atoms with van der Waals surface area (Å²) in [6.07, 6.45) is 14.2. The maximum absolute atomic E-state index is 4.32. The molecule has 0 fully saturated rings. The van der Waals surface area contributed by atoms with Crippen LogP contribution in [0.5, 0.6) is 0 Å². The highest BCUT2D eigenvalue weighted by Gasteiger charge is 2.10. The summed E-state index contributed by atoms with van der Waals surface area (Å²) < 4.78 is 0. The standard InChI is InChI=1S/C15H27N3/c1-3-4-5-6-7-8-9-11-14(16-2)15-17-12-10-13-18-15/h10,12-14,16H,3-9,11H2,1-2H3. The molecule has 1 unspecified atom stereocenters. The molecule has 0 saturated heterocycles. The first-order chi connectivity index (χ1) is 8.88. The summed E-state index contributed by atoms with van der Waals surface area (Å²) in [6.45, 7) is 2.26. The van der Waals surface area contributed by atoms with Gasteiger partial charge in [0.1, 0.15) is 5.82 Å². The van der Waals surface area contributed by atoms with E-state index in [9.17, 15) is 0 Å². The molecule has 3 nitrogen and oxygen atoms in total. The summed E-state index contributed by atoms with van der Waals surface area (Å²) in [5.41, 5.74) is 0. The van der Waals surface area contributed by atoms with Crippen molar-refractivity contribution in [2.24, 2.45) is 0 Å². The van der Waals surface area contributed by atoms with E-state index in [1.54, 1.807) is 0 Å². The number of nitrogens with one attached hydrogen (secondary N) is 1. The lowest BCUT2D eigenvalue weighted by molar-refractivity contribution is 0.478. The number of rotatable bonds is 10. The first-order valence-corrected chi connectivity index (χ1v) is 7.32. The summed E-state index contributed by atoms with van der Waals surface area (Å²) in [6, 6.07) is 2.17. The average Bonchev–Trinajstić information content (AvgIpc) is 2.43. The van der Waals surface area contributed by atoms with Crippen molar-refractivity contribution >= 4 is 0 Å². The van der Waals surface area contributed by atoms with Gasteiger partial charge in [-0.2, -0.15) is 0 Å². The lowest BCUT2D eigenvalue weighted by atomic mass is 10.0. The van der Waals surface area contributed by atoms with Crippen molar-refractivity contribution in [3.05, 3.63) is 24.3 Å². The maximum Gasteiger partial charge on any atom is 0.145 e. The normalized spacial score (nSPS) is 12.6. The predicted molar refractivity (Wildman–Crippen MR) is 76.4 cm³/mol.